The summed E-state index contributed by atoms with van der Waals surface area (Å²) in [7, 11) is 0. The van der Waals surface area contributed by atoms with E-state index in [1.165, 1.54) is 19.4 Å². The van der Waals surface area contributed by atoms with E-state index in [9.17, 15) is 0 Å². The van der Waals surface area contributed by atoms with Crippen LogP contribution >= 0.6 is 12.2 Å². The van der Waals surface area contributed by atoms with Gasteiger partial charge in [0.15, 0.2) is 0 Å². The monoisotopic (exact) mass is 264 g/mol. The number of nitrogens with one attached hydrogen (secondary N) is 1. The molecule has 2 rings (SSSR count). The minimum absolute atomic E-state index is 0.415. The van der Waals surface area contributed by atoms with Crippen LogP contribution in [0.1, 0.15) is 25.3 Å². The average Bonchev–Trinajstić information content (AvgIpc) is 2.84. The van der Waals surface area contributed by atoms with Gasteiger partial charge in [-0.15, -0.1) is 0 Å². The van der Waals surface area contributed by atoms with Gasteiger partial charge in [0.2, 0.25) is 0 Å². The molecule has 0 aromatic carbocycles. The molecule has 1 fully saturated rings. The van der Waals surface area contributed by atoms with Gasteiger partial charge in [0.25, 0.3) is 0 Å². The SMILES string of the molecule is CCN1CCCC1CNc1cnccc1C(N)=S. The summed E-state index contributed by atoms with van der Waals surface area (Å²) in [6.45, 7) is 5.46. The summed E-state index contributed by atoms with van der Waals surface area (Å²) in [6.07, 6.45) is 6.05. The number of hydrogen-bond acceptors (Lipinski definition) is 4. The summed E-state index contributed by atoms with van der Waals surface area (Å²) in [5, 5.41) is 3.43. The van der Waals surface area contributed by atoms with E-state index in [0.717, 1.165) is 24.3 Å². The predicted molar refractivity (Wildman–Crippen MR) is 78.9 cm³/mol. The molecule has 1 atom stereocenters. The van der Waals surface area contributed by atoms with E-state index in [4.69, 9.17) is 18.0 Å². The molecule has 0 aliphatic carbocycles. The average molecular weight is 264 g/mol. The Morgan fingerprint density at radius 3 is 3.22 bits per heavy atom. The number of nitrogens with two attached hydrogens (primary N) is 1. The molecule has 1 aliphatic rings. The number of likely N-dealkylation sites (tertiary alicyclic amines) is 1. The highest BCUT2D eigenvalue weighted by atomic mass is 32.1. The van der Waals surface area contributed by atoms with Crippen LogP contribution in [-0.2, 0) is 0 Å². The maximum atomic E-state index is 5.71. The van der Waals surface area contributed by atoms with Crippen molar-refractivity contribution in [2.45, 2.75) is 25.8 Å². The first-order valence-electron chi connectivity index (χ1n) is 6.44. The molecule has 0 amide bonds. The van der Waals surface area contributed by atoms with Crippen molar-refractivity contribution in [3.63, 3.8) is 0 Å². The van der Waals surface area contributed by atoms with Crippen LogP contribution in [0.15, 0.2) is 18.5 Å². The van der Waals surface area contributed by atoms with Gasteiger partial charge in [-0.1, -0.05) is 19.1 Å². The maximum absolute atomic E-state index is 5.71. The molecule has 0 saturated carbocycles. The summed E-state index contributed by atoms with van der Waals surface area (Å²) in [5.41, 5.74) is 7.52. The number of hydrogen-bond donors (Lipinski definition) is 2. The number of aromatic nitrogens is 1. The lowest BCUT2D eigenvalue weighted by Crippen LogP contribution is -2.35. The Labute approximate surface area is 114 Å². The maximum Gasteiger partial charge on any atom is 0.106 e. The van der Waals surface area contributed by atoms with Crippen molar-refractivity contribution < 1.29 is 0 Å². The second-order valence-electron chi connectivity index (χ2n) is 4.59. The molecule has 1 aromatic rings. The van der Waals surface area contributed by atoms with Crippen molar-refractivity contribution in [1.29, 1.82) is 0 Å². The third kappa shape index (κ3) is 2.97. The van der Waals surface area contributed by atoms with Crippen molar-refractivity contribution in [1.82, 2.24) is 9.88 Å². The molecular formula is C13H20N4S. The smallest absolute Gasteiger partial charge is 0.106 e. The Hall–Kier alpha value is -1.20. The third-order valence-electron chi connectivity index (χ3n) is 3.52. The van der Waals surface area contributed by atoms with Crippen molar-refractivity contribution in [2.24, 2.45) is 5.73 Å². The van der Waals surface area contributed by atoms with E-state index in [-0.39, 0.29) is 0 Å². The molecule has 18 heavy (non-hydrogen) atoms. The van der Waals surface area contributed by atoms with Gasteiger partial charge < -0.3 is 11.1 Å². The first-order chi connectivity index (χ1) is 8.72. The number of thiocarbonyl (C=S) groups is 1. The molecule has 1 unspecified atom stereocenters. The summed E-state index contributed by atoms with van der Waals surface area (Å²) >= 11 is 5.04. The molecule has 1 aliphatic heterocycles. The lowest BCUT2D eigenvalue weighted by molar-refractivity contribution is 0.277. The lowest BCUT2D eigenvalue weighted by atomic mass is 10.2. The van der Waals surface area contributed by atoms with Crippen molar-refractivity contribution in [3.8, 4) is 0 Å². The standard InChI is InChI=1S/C13H20N4S/c1-2-17-7-3-4-10(17)8-16-12-9-15-6-5-11(12)13(14)18/h5-6,9-10,16H,2-4,7-8H2,1H3,(H2,14,18). The summed E-state index contributed by atoms with van der Waals surface area (Å²) in [5.74, 6) is 0. The first-order valence-corrected chi connectivity index (χ1v) is 6.85. The number of rotatable bonds is 5. The van der Waals surface area contributed by atoms with Crippen LogP contribution in [0.25, 0.3) is 0 Å². The molecule has 3 N–H and O–H groups in total. The van der Waals surface area contributed by atoms with Gasteiger partial charge in [0.1, 0.15) is 4.99 Å². The van der Waals surface area contributed by atoms with Gasteiger partial charge in [-0.3, -0.25) is 9.88 Å². The van der Waals surface area contributed by atoms with Crippen LogP contribution < -0.4 is 11.1 Å². The zero-order valence-electron chi connectivity index (χ0n) is 10.7. The number of pyridine rings is 1. The van der Waals surface area contributed by atoms with Gasteiger partial charge in [-0.05, 0) is 32.0 Å². The minimum Gasteiger partial charge on any atom is -0.389 e. The fraction of sp³-hybridized carbons (Fsp3) is 0.538. The van der Waals surface area contributed by atoms with Crippen molar-refractivity contribution in [2.75, 3.05) is 25.0 Å². The quantitative estimate of drug-likeness (QED) is 0.791. The molecule has 2 heterocycles. The third-order valence-corrected chi connectivity index (χ3v) is 3.74. The highest BCUT2D eigenvalue weighted by Crippen LogP contribution is 2.19. The van der Waals surface area contributed by atoms with Gasteiger partial charge in [0.05, 0.1) is 11.9 Å². The lowest BCUT2D eigenvalue weighted by Gasteiger charge is -2.23. The van der Waals surface area contributed by atoms with Crippen molar-refractivity contribution >= 4 is 22.9 Å². The molecule has 0 spiro atoms. The van der Waals surface area contributed by atoms with Crippen LogP contribution in [0.2, 0.25) is 0 Å². The molecule has 0 radical (unpaired) electrons. The van der Waals surface area contributed by atoms with E-state index >= 15 is 0 Å². The Kier molecular flexibility index (Phi) is 4.49. The fourth-order valence-electron chi connectivity index (χ4n) is 2.52. The number of nitrogens with zero attached hydrogens (tertiary/aromatic N) is 2. The Morgan fingerprint density at radius 1 is 1.67 bits per heavy atom. The van der Waals surface area contributed by atoms with E-state index in [1.54, 1.807) is 12.4 Å². The first kappa shape index (κ1) is 13.2. The van der Waals surface area contributed by atoms with Crippen LogP contribution in [0.4, 0.5) is 5.69 Å². The zero-order chi connectivity index (χ0) is 13.0. The normalized spacial score (nSPS) is 19.9. The van der Waals surface area contributed by atoms with Gasteiger partial charge in [-0.2, -0.15) is 0 Å². The van der Waals surface area contributed by atoms with Crippen LogP contribution in [-0.4, -0.2) is 40.5 Å². The summed E-state index contributed by atoms with van der Waals surface area (Å²) in [4.78, 5) is 7.04. The number of anilines is 1. The molecule has 98 valence electrons. The fourth-order valence-corrected chi connectivity index (χ4v) is 2.70. The highest BCUT2D eigenvalue weighted by Gasteiger charge is 2.22. The summed E-state index contributed by atoms with van der Waals surface area (Å²) < 4.78 is 0. The Morgan fingerprint density at radius 2 is 2.50 bits per heavy atom. The minimum atomic E-state index is 0.415. The van der Waals surface area contributed by atoms with Gasteiger partial charge in [0, 0.05) is 24.3 Å². The van der Waals surface area contributed by atoms with Crippen LogP contribution in [0, 0.1) is 0 Å². The van der Waals surface area contributed by atoms with Crippen LogP contribution in [0.5, 0.6) is 0 Å². The molecule has 1 saturated heterocycles. The summed E-state index contributed by atoms with van der Waals surface area (Å²) in [6, 6.07) is 2.46. The predicted octanol–water partition coefficient (Wildman–Crippen LogP) is 1.61. The number of likely N-dealkylation sites (N-methyl/N-ethyl adjacent to an activating group) is 1. The van der Waals surface area contributed by atoms with Crippen molar-refractivity contribution in [3.05, 3.63) is 24.0 Å². The van der Waals surface area contributed by atoms with Gasteiger partial charge >= 0.3 is 0 Å². The Balaban J connectivity index is 2.00. The topological polar surface area (TPSA) is 54.2 Å². The molecule has 4 nitrogen and oxygen atoms in total. The van der Waals surface area contributed by atoms with Crippen LogP contribution in [0.3, 0.4) is 0 Å². The molecule has 0 bridgehead atoms. The molecular weight excluding hydrogens is 244 g/mol. The zero-order valence-corrected chi connectivity index (χ0v) is 11.5. The van der Waals surface area contributed by atoms with E-state index in [1.807, 2.05) is 6.07 Å². The van der Waals surface area contributed by atoms with E-state index < -0.39 is 0 Å². The highest BCUT2D eigenvalue weighted by molar-refractivity contribution is 7.80. The second kappa shape index (κ2) is 6.11. The Bertz CT molecular complexity index is 421. The molecule has 5 heteroatoms. The van der Waals surface area contributed by atoms with E-state index in [2.05, 4.69) is 22.1 Å². The van der Waals surface area contributed by atoms with Gasteiger partial charge in [-0.25, -0.2) is 0 Å². The second-order valence-corrected chi connectivity index (χ2v) is 5.03. The molecule has 1 aromatic heterocycles. The van der Waals surface area contributed by atoms with E-state index in [0.29, 0.717) is 11.0 Å². The largest absolute Gasteiger partial charge is 0.389 e.